The van der Waals surface area contributed by atoms with Gasteiger partial charge in [0.1, 0.15) is 12.6 Å². The van der Waals surface area contributed by atoms with Gasteiger partial charge in [-0.15, -0.1) is 0 Å². The zero-order valence-electron chi connectivity index (χ0n) is 23.5. The van der Waals surface area contributed by atoms with Crippen LogP contribution in [0, 0.1) is 6.92 Å². The molecule has 0 saturated carbocycles. The standard InChI is InChI=1S/C30H33ClF3N3O4S/c1-4-17-35-29(39)27(5-2)36(19-22-12-10-9-11-21(22)3)28(38)20-37(42(40,41)24-13-7-6-8-14-24)23-15-16-26(31)25(18-23)30(32,33)34/h6-16,18,27H,4-5,17,19-20H2,1-3H3,(H,35,39)/t27-/m0/s1. The molecule has 3 aromatic rings. The van der Waals surface area contributed by atoms with Crippen LogP contribution in [0.4, 0.5) is 18.9 Å². The summed E-state index contributed by atoms with van der Waals surface area (Å²) in [6, 6.07) is 16.0. The molecule has 3 aromatic carbocycles. The molecule has 0 aliphatic heterocycles. The van der Waals surface area contributed by atoms with E-state index in [4.69, 9.17) is 11.6 Å². The Morgan fingerprint density at radius 3 is 2.21 bits per heavy atom. The molecular formula is C30H33ClF3N3O4S. The summed E-state index contributed by atoms with van der Waals surface area (Å²) in [6.07, 6.45) is -3.99. The number of carbonyl (C=O) groups excluding carboxylic acids is 2. The molecule has 0 spiro atoms. The Hall–Kier alpha value is -3.57. The predicted molar refractivity (Wildman–Crippen MR) is 157 cm³/mol. The summed E-state index contributed by atoms with van der Waals surface area (Å²) in [6.45, 7) is 4.94. The van der Waals surface area contributed by atoms with E-state index in [0.29, 0.717) is 23.3 Å². The lowest BCUT2D eigenvalue weighted by atomic mass is 10.1. The highest BCUT2D eigenvalue weighted by Gasteiger charge is 2.37. The topological polar surface area (TPSA) is 86.8 Å². The van der Waals surface area contributed by atoms with Gasteiger partial charge in [-0.25, -0.2) is 8.42 Å². The maximum atomic E-state index is 14.0. The number of anilines is 1. The van der Waals surface area contributed by atoms with Crippen molar-refractivity contribution in [1.29, 1.82) is 0 Å². The third kappa shape index (κ3) is 7.83. The van der Waals surface area contributed by atoms with Crippen LogP contribution in [0.2, 0.25) is 5.02 Å². The van der Waals surface area contributed by atoms with Crippen molar-refractivity contribution in [3.8, 4) is 0 Å². The summed E-state index contributed by atoms with van der Waals surface area (Å²) in [4.78, 5) is 28.2. The van der Waals surface area contributed by atoms with Crippen LogP contribution in [0.15, 0.2) is 77.7 Å². The Morgan fingerprint density at radius 1 is 0.976 bits per heavy atom. The van der Waals surface area contributed by atoms with Gasteiger partial charge < -0.3 is 10.2 Å². The number of hydrogen-bond donors (Lipinski definition) is 1. The van der Waals surface area contributed by atoms with E-state index >= 15 is 0 Å². The van der Waals surface area contributed by atoms with Gasteiger partial charge in [0.2, 0.25) is 11.8 Å². The molecule has 12 heteroatoms. The fourth-order valence-electron chi connectivity index (χ4n) is 4.39. The van der Waals surface area contributed by atoms with Crippen LogP contribution >= 0.6 is 11.6 Å². The minimum atomic E-state index is -4.87. The van der Waals surface area contributed by atoms with E-state index < -0.39 is 56.9 Å². The molecule has 0 fully saturated rings. The number of hydrogen-bond acceptors (Lipinski definition) is 4. The minimum absolute atomic E-state index is 0.0167. The number of sulfonamides is 1. The van der Waals surface area contributed by atoms with Gasteiger partial charge in [0.05, 0.1) is 21.2 Å². The van der Waals surface area contributed by atoms with E-state index in [9.17, 15) is 31.2 Å². The zero-order chi connectivity index (χ0) is 31.1. The highest BCUT2D eigenvalue weighted by Crippen LogP contribution is 2.38. The highest BCUT2D eigenvalue weighted by molar-refractivity contribution is 7.92. The van der Waals surface area contributed by atoms with Gasteiger partial charge >= 0.3 is 6.18 Å². The fourth-order valence-corrected chi connectivity index (χ4v) is 6.04. The lowest BCUT2D eigenvalue weighted by Gasteiger charge is -2.33. The van der Waals surface area contributed by atoms with E-state index in [2.05, 4.69) is 5.32 Å². The van der Waals surface area contributed by atoms with Crippen molar-refractivity contribution in [2.75, 3.05) is 17.4 Å². The molecule has 0 aliphatic rings. The summed E-state index contributed by atoms with van der Waals surface area (Å²) >= 11 is 5.81. The second-order valence-corrected chi connectivity index (χ2v) is 11.9. The van der Waals surface area contributed by atoms with E-state index in [-0.39, 0.29) is 17.9 Å². The molecule has 0 unspecified atom stereocenters. The molecule has 42 heavy (non-hydrogen) atoms. The SMILES string of the molecule is CCCNC(=O)[C@H](CC)N(Cc1ccccc1C)C(=O)CN(c1ccc(Cl)c(C(F)(F)F)c1)S(=O)(=O)c1ccccc1. The Bertz CT molecular complexity index is 1500. The van der Waals surface area contributed by atoms with Gasteiger partial charge in [-0.3, -0.25) is 13.9 Å². The third-order valence-corrected chi connectivity index (χ3v) is 8.81. The van der Waals surface area contributed by atoms with Crippen LogP contribution in [-0.4, -0.2) is 44.3 Å². The van der Waals surface area contributed by atoms with Gasteiger partial charge in [-0.2, -0.15) is 13.2 Å². The minimum Gasteiger partial charge on any atom is -0.354 e. The summed E-state index contributed by atoms with van der Waals surface area (Å²) in [5.41, 5.74) is -0.0657. The number of halogens is 4. The summed E-state index contributed by atoms with van der Waals surface area (Å²) < 4.78 is 69.5. The van der Waals surface area contributed by atoms with Crippen LogP contribution < -0.4 is 9.62 Å². The summed E-state index contributed by atoms with van der Waals surface area (Å²) in [7, 11) is -4.53. The van der Waals surface area contributed by atoms with Gasteiger partial charge in [0.15, 0.2) is 0 Å². The normalized spacial score (nSPS) is 12.5. The van der Waals surface area contributed by atoms with Crippen molar-refractivity contribution < 1.29 is 31.2 Å². The molecule has 226 valence electrons. The molecule has 2 amide bonds. The molecule has 0 bridgehead atoms. The smallest absolute Gasteiger partial charge is 0.354 e. The molecule has 1 N–H and O–H groups in total. The first-order chi connectivity index (χ1) is 19.8. The first-order valence-electron chi connectivity index (χ1n) is 13.4. The molecular weight excluding hydrogens is 591 g/mol. The molecule has 3 rings (SSSR count). The van der Waals surface area contributed by atoms with Crippen molar-refractivity contribution in [3.05, 3.63) is 94.5 Å². The number of rotatable bonds is 12. The molecule has 0 aromatic heterocycles. The van der Waals surface area contributed by atoms with E-state index in [1.165, 1.54) is 29.2 Å². The van der Waals surface area contributed by atoms with E-state index in [0.717, 1.165) is 23.3 Å². The van der Waals surface area contributed by atoms with Gasteiger partial charge in [0.25, 0.3) is 10.0 Å². The number of alkyl halides is 3. The fraction of sp³-hybridized carbons (Fsp3) is 0.333. The first kappa shape index (κ1) is 32.9. The largest absolute Gasteiger partial charge is 0.417 e. The molecule has 0 heterocycles. The first-order valence-corrected chi connectivity index (χ1v) is 15.2. The molecule has 7 nitrogen and oxygen atoms in total. The van der Waals surface area contributed by atoms with Gasteiger partial charge in [0, 0.05) is 13.1 Å². The van der Waals surface area contributed by atoms with Crippen LogP contribution in [-0.2, 0) is 32.3 Å². The predicted octanol–water partition coefficient (Wildman–Crippen LogP) is 6.20. The van der Waals surface area contributed by atoms with Crippen molar-refractivity contribution in [3.63, 3.8) is 0 Å². The van der Waals surface area contributed by atoms with Gasteiger partial charge in [-0.1, -0.05) is 67.9 Å². The molecule has 0 radical (unpaired) electrons. The maximum absolute atomic E-state index is 14.0. The number of nitrogens with one attached hydrogen (secondary N) is 1. The molecule has 0 saturated heterocycles. The molecule has 1 atom stereocenters. The maximum Gasteiger partial charge on any atom is 0.417 e. The van der Waals surface area contributed by atoms with E-state index in [1.807, 2.05) is 26.0 Å². The second kappa shape index (κ2) is 14.1. The van der Waals surface area contributed by atoms with Crippen LogP contribution in [0.25, 0.3) is 0 Å². The zero-order valence-corrected chi connectivity index (χ0v) is 25.1. The summed E-state index contributed by atoms with van der Waals surface area (Å²) in [5.74, 6) is -1.18. The van der Waals surface area contributed by atoms with Crippen molar-refractivity contribution >= 4 is 39.1 Å². The lowest BCUT2D eigenvalue weighted by molar-refractivity contribution is -0.140. The number of aryl methyl sites for hydroxylation is 1. The average molecular weight is 624 g/mol. The molecule has 0 aliphatic carbocycles. The number of nitrogens with zero attached hydrogens (tertiary/aromatic N) is 2. The van der Waals surface area contributed by atoms with Crippen molar-refractivity contribution in [2.45, 2.75) is 57.3 Å². The summed E-state index contributed by atoms with van der Waals surface area (Å²) in [5, 5.41) is 2.17. The van der Waals surface area contributed by atoms with Crippen LogP contribution in [0.5, 0.6) is 0 Å². The Kier molecular flexibility index (Phi) is 11.0. The van der Waals surface area contributed by atoms with Gasteiger partial charge in [-0.05, 0) is 61.2 Å². The highest BCUT2D eigenvalue weighted by atomic mass is 35.5. The Balaban J connectivity index is 2.14. The number of benzene rings is 3. The van der Waals surface area contributed by atoms with E-state index in [1.54, 1.807) is 25.1 Å². The Morgan fingerprint density at radius 2 is 1.62 bits per heavy atom. The third-order valence-electron chi connectivity index (χ3n) is 6.69. The monoisotopic (exact) mass is 623 g/mol. The van der Waals surface area contributed by atoms with Crippen molar-refractivity contribution in [2.24, 2.45) is 0 Å². The lowest BCUT2D eigenvalue weighted by Crippen LogP contribution is -2.52. The van der Waals surface area contributed by atoms with Crippen molar-refractivity contribution in [1.82, 2.24) is 10.2 Å². The quantitative estimate of drug-likeness (QED) is 0.260. The number of amides is 2. The Labute approximate surface area is 249 Å². The van der Waals surface area contributed by atoms with Crippen LogP contribution in [0.3, 0.4) is 0 Å². The average Bonchev–Trinajstić information content (AvgIpc) is 2.95. The van der Waals surface area contributed by atoms with Crippen LogP contribution in [0.1, 0.15) is 43.4 Å². The second-order valence-electron chi connectivity index (χ2n) is 9.65. The number of carbonyl (C=O) groups is 2.